The van der Waals surface area contributed by atoms with E-state index in [1.165, 1.54) is 18.2 Å². The Bertz CT molecular complexity index is 514. The standard InChI is InChI=1S/C14H18ClNO4/c1-4-14(2,3)16-12(17)8-20-11-6-5-9(13(18)19)7-10(11)15/h5-7H,4,8H2,1-3H3,(H,16,17)(H,18,19). The topological polar surface area (TPSA) is 75.6 Å². The van der Waals surface area contributed by atoms with E-state index in [0.717, 1.165) is 6.42 Å². The maximum Gasteiger partial charge on any atom is 0.335 e. The lowest BCUT2D eigenvalue weighted by atomic mass is 10.0. The van der Waals surface area contributed by atoms with E-state index in [1.54, 1.807) is 0 Å². The lowest BCUT2D eigenvalue weighted by molar-refractivity contribution is -0.124. The van der Waals surface area contributed by atoms with E-state index in [9.17, 15) is 9.59 Å². The molecule has 0 unspecified atom stereocenters. The van der Waals surface area contributed by atoms with E-state index in [0.29, 0.717) is 0 Å². The van der Waals surface area contributed by atoms with Crippen molar-refractivity contribution in [1.82, 2.24) is 5.32 Å². The average molecular weight is 300 g/mol. The zero-order valence-corrected chi connectivity index (χ0v) is 12.5. The van der Waals surface area contributed by atoms with Crippen molar-refractivity contribution >= 4 is 23.5 Å². The van der Waals surface area contributed by atoms with E-state index in [2.05, 4.69) is 5.32 Å². The molecule has 0 aromatic heterocycles. The first-order valence-electron chi connectivity index (χ1n) is 6.22. The Labute approximate surface area is 122 Å². The van der Waals surface area contributed by atoms with Gasteiger partial charge in [-0.05, 0) is 38.5 Å². The number of carbonyl (C=O) groups is 2. The molecule has 0 aliphatic rings. The van der Waals surface area contributed by atoms with Gasteiger partial charge < -0.3 is 15.2 Å². The van der Waals surface area contributed by atoms with Gasteiger partial charge in [0.05, 0.1) is 10.6 Å². The lowest BCUT2D eigenvalue weighted by Gasteiger charge is -2.24. The van der Waals surface area contributed by atoms with Crippen LogP contribution in [0.15, 0.2) is 18.2 Å². The molecule has 0 aliphatic carbocycles. The van der Waals surface area contributed by atoms with Crippen molar-refractivity contribution in [3.8, 4) is 5.75 Å². The predicted molar refractivity (Wildman–Crippen MR) is 76.4 cm³/mol. The molecule has 0 heterocycles. The van der Waals surface area contributed by atoms with Crippen LogP contribution in [0.25, 0.3) is 0 Å². The second-order valence-corrected chi connectivity index (χ2v) is 5.43. The summed E-state index contributed by atoms with van der Waals surface area (Å²) in [6.45, 7) is 5.64. The summed E-state index contributed by atoms with van der Waals surface area (Å²) in [5.41, 5.74) is -0.226. The molecule has 6 heteroatoms. The number of benzene rings is 1. The Morgan fingerprint density at radius 1 is 1.40 bits per heavy atom. The number of aromatic carboxylic acids is 1. The third-order valence-electron chi connectivity index (χ3n) is 2.90. The normalized spacial score (nSPS) is 11.0. The van der Waals surface area contributed by atoms with Gasteiger partial charge in [-0.25, -0.2) is 4.79 Å². The molecule has 0 bridgehead atoms. The first-order valence-corrected chi connectivity index (χ1v) is 6.59. The summed E-state index contributed by atoms with van der Waals surface area (Å²) in [6.07, 6.45) is 0.798. The molecule has 0 radical (unpaired) electrons. The van der Waals surface area contributed by atoms with Gasteiger partial charge in [0, 0.05) is 5.54 Å². The number of halogens is 1. The third-order valence-corrected chi connectivity index (χ3v) is 3.19. The van der Waals surface area contributed by atoms with Crippen molar-refractivity contribution in [2.24, 2.45) is 0 Å². The van der Waals surface area contributed by atoms with Gasteiger partial charge in [0.2, 0.25) is 0 Å². The SMILES string of the molecule is CCC(C)(C)NC(=O)COc1ccc(C(=O)O)cc1Cl. The summed E-state index contributed by atoms with van der Waals surface area (Å²) in [5.74, 6) is -1.04. The number of carbonyl (C=O) groups excluding carboxylic acids is 1. The fraction of sp³-hybridized carbons (Fsp3) is 0.429. The van der Waals surface area contributed by atoms with Gasteiger partial charge in [-0.2, -0.15) is 0 Å². The summed E-state index contributed by atoms with van der Waals surface area (Å²) in [4.78, 5) is 22.5. The van der Waals surface area contributed by atoms with Crippen LogP contribution >= 0.6 is 11.6 Å². The Kier molecular flexibility index (Phi) is 5.39. The van der Waals surface area contributed by atoms with Gasteiger partial charge >= 0.3 is 5.97 Å². The second kappa shape index (κ2) is 6.61. The predicted octanol–water partition coefficient (Wildman–Crippen LogP) is 2.72. The van der Waals surface area contributed by atoms with E-state index in [1.807, 2.05) is 20.8 Å². The fourth-order valence-corrected chi connectivity index (χ4v) is 1.63. The first kappa shape index (κ1) is 16.3. The number of carboxylic acid groups (broad SMARTS) is 1. The maximum atomic E-state index is 11.7. The first-order chi connectivity index (χ1) is 9.25. The molecular weight excluding hydrogens is 282 g/mol. The Morgan fingerprint density at radius 2 is 2.05 bits per heavy atom. The zero-order chi connectivity index (χ0) is 15.3. The molecule has 0 atom stereocenters. The van der Waals surface area contributed by atoms with Gasteiger partial charge in [-0.1, -0.05) is 18.5 Å². The van der Waals surface area contributed by atoms with Gasteiger partial charge in [-0.15, -0.1) is 0 Å². The van der Waals surface area contributed by atoms with Crippen LogP contribution in [0, 0.1) is 0 Å². The molecule has 0 aliphatic heterocycles. The van der Waals surface area contributed by atoms with Crippen molar-refractivity contribution in [3.63, 3.8) is 0 Å². The minimum absolute atomic E-state index is 0.0684. The number of carboxylic acids is 1. The number of amides is 1. The number of ether oxygens (including phenoxy) is 1. The van der Waals surface area contributed by atoms with E-state index >= 15 is 0 Å². The molecule has 2 N–H and O–H groups in total. The molecule has 1 rings (SSSR count). The average Bonchev–Trinajstić information content (AvgIpc) is 2.36. The number of hydrogen-bond donors (Lipinski definition) is 2. The van der Waals surface area contributed by atoms with Crippen molar-refractivity contribution in [1.29, 1.82) is 0 Å². The molecule has 0 saturated carbocycles. The Hall–Kier alpha value is -1.75. The van der Waals surface area contributed by atoms with Crippen LogP contribution in [0.3, 0.4) is 0 Å². The van der Waals surface area contributed by atoms with Crippen molar-refractivity contribution in [3.05, 3.63) is 28.8 Å². The lowest BCUT2D eigenvalue weighted by Crippen LogP contribution is -2.44. The van der Waals surface area contributed by atoms with Gasteiger partial charge in [0.15, 0.2) is 6.61 Å². The van der Waals surface area contributed by atoms with Crippen LogP contribution in [-0.2, 0) is 4.79 Å². The summed E-state index contributed by atoms with van der Waals surface area (Å²) >= 11 is 5.90. The van der Waals surface area contributed by atoms with Crippen LogP contribution in [0.1, 0.15) is 37.6 Å². The van der Waals surface area contributed by atoms with Gasteiger partial charge in [0.1, 0.15) is 5.75 Å². The van der Waals surface area contributed by atoms with Gasteiger partial charge in [-0.3, -0.25) is 4.79 Å². The quantitative estimate of drug-likeness (QED) is 0.847. The summed E-state index contributed by atoms with van der Waals surface area (Å²) in [6, 6.07) is 4.09. The number of nitrogens with one attached hydrogen (secondary N) is 1. The monoisotopic (exact) mass is 299 g/mol. The highest BCUT2D eigenvalue weighted by Crippen LogP contribution is 2.25. The molecule has 1 aromatic rings. The van der Waals surface area contributed by atoms with Crippen LogP contribution in [0.2, 0.25) is 5.02 Å². The molecule has 1 amide bonds. The molecule has 0 fully saturated rings. The summed E-state index contributed by atoms with van der Waals surface area (Å²) in [5, 5.41) is 11.8. The Morgan fingerprint density at radius 3 is 2.55 bits per heavy atom. The molecule has 0 saturated heterocycles. The van der Waals surface area contributed by atoms with E-state index < -0.39 is 5.97 Å². The minimum Gasteiger partial charge on any atom is -0.482 e. The van der Waals surface area contributed by atoms with Crippen molar-refractivity contribution in [2.45, 2.75) is 32.7 Å². The van der Waals surface area contributed by atoms with Crippen LogP contribution in [0.4, 0.5) is 0 Å². The van der Waals surface area contributed by atoms with Crippen molar-refractivity contribution < 1.29 is 19.4 Å². The fourth-order valence-electron chi connectivity index (χ4n) is 1.40. The van der Waals surface area contributed by atoms with Crippen LogP contribution in [0.5, 0.6) is 5.75 Å². The highest BCUT2D eigenvalue weighted by molar-refractivity contribution is 6.32. The Balaban J connectivity index is 2.62. The van der Waals surface area contributed by atoms with Crippen molar-refractivity contribution in [2.75, 3.05) is 6.61 Å². The molecular formula is C14H18ClNO4. The highest BCUT2D eigenvalue weighted by Gasteiger charge is 2.18. The van der Waals surface area contributed by atoms with E-state index in [-0.39, 0.29) is 34.4 Å². The second-order valence-electron chi connectivity index (χ2n) is 5.02. The summed E-state index contributed by atoms with van der Waals surface area (Å²) in [7, 11) is 0. The van der Waals surface area contributed by atoms with Crippen LogP contribution < -0.4 is 10.1 Å². The molecule has 1 aromatic carbocycles. The zero-order valence-electron chi connectivity index (χ0n) is 11.7. The molecule has 0 spiro atoms. The molecule has 110 valence electrons. The number of rotatable bonds is 6. The maximum absolute atomic E-state index is 11.7. The van der Waals surface area contributed by atoms with Crippen LogP contribution in [-0.4, -0.2) is 29.1 Å². The smallest absolute Gasteiger partial charge is 0.335 e. The third kappa shape index (κ3) is 4.74. The molecule has 20 heavy (non-hydrogen) atoms. The number of hydrogen-bond acceptors (Lipinski definition) is 3. The minimum atomic E-state index is -1.07. The summed E-state index contributed by atoms with van der Waals surface area (Å²) < 4.78 is 5.29. The van der Waals surface area contributed by atoms with Gasteiger partial charge in [0.25, 0.3) is 5.91 Å². The highest BCUT2D eigenvalue weighted by atomic mass is 35.5. The van der Waals surface area contributed by atoms with E-state index in [4.69, 9.17) is 21.4 Å². The molecule has 5 nitrogen and oxygen atoms in total. The largest absolute Gasteiger partial charge is 0.482 e.